The van der Waals surface area contributed by atoms with Gasteiger partial charge in [0.2, 0.25) is 23.7 Å². The van der Waals surface area contributed by atoms with Gasteiger partial charge in [-0.25, -0.2) is 9.37 Å². The van der Waals surface area contributed by atoms with E-state index in [1.165, 1.54) is 0 Å². The highest BCUT2D eigenvalue weighted by Crippen LogP contribution is 2.36. The van der Waals surface area contributed by atoms with Gasteiger partial charge in [0.15, 0.2) is 11.6 Å². The van der Waals surface area contributed by atoms with Crippen LogP contribution in [-0.4, -0.2) is 112 Å². The smallest absolute Gasteiger partial charge is 0.264 e. The molecule has 342 valence electrons. The van der Waals surface area contributed by atoms with E-state index in [0.717, 1.165) is 49.1 Å². The van der Waals surface area contributed by atoms with Crippen molar-refractivity contribution >= 4 is 75.9 Å². The highest BCUT2D eigenvalue weighted by Gasteiger charge is 2.46. The fraction of sp³-hybridized carbons (Fsp3) is 0.333. The number of nitrogens with one attached hydrogen (secondary N) is 4. The number of hydrogen-bond donors (Lipinski definition) is 4. The molecule has 3 saturated heterocycles. The minimum Gasteiger partial charge on any atom is -0.371 e. The molecule has 4 aliphatic rings. The van der Waals surface area contributed by atoms with Gasteiger partial charge in [0, 0.05) is 69.2 Å². The quantitative estimate of drug-likeness (QED) is 0.0923. The van der Waals surface area contributed by atoms with E-state index in [4.69, 9.17) is 11.6 Å². The molecule has 18 heteroatoms. The van der Waals surface area contributed by atoms with Gasteiger partial charge in [0.1, 0.15) is 6.04 Å². The van der Waals surface area contributed by atoms with Crippen LogP contribution in [0.4, 0.5) is 33.2 Å². The van der Waals surface area contributed by atoms with Crippen molar-refractivity contribution in [3.63, 3.8) is 0 Å². The van der Waals surface area contributed by atoms with E-state index in [0.29, 0.717) is 71.0 Å². The van der Waals surface area contributed by atoms with E-state index in [1.807, 2.05) is 35.2 Å². The Bertz CT molecular complexity index is 2610. The summed E-state index contributed by atoms with van der Waals surface area (Å²) in [6, 6.07) is 18.1. The Balaban J connectivity index is 0.774. The van der Waals surface area contributed by atoms with Crippen molar-refractivity contribution in [3.8, 4) is 0 Å². The third kappa shape index (κ3) is 10.1. The molecule has 0 radical (unpaired) electrons. The summed E-state index contributed by atoms with van der Waals surface area (Å²) in [6.45, 7) is 8.70. The maximum absolute atomic E-state index is 14.8. The van der Waals surface area contributed by atoms with E-state index < -0.39 is 35.5 Å². The maximum atomic E-state index is 14.8. The molecular weight excluding hydrogens is 867 g/mol. The molecule has 4 aliphatic heterocycles. The summed E-state index contributed by atoms with van der Waals surface area (Å²) < 4.78 is 14.8. The fourth-order valence-electron chi connectivity index (χ4n) is 8.76. The monoisotopic (exact) mass is 916 g/mol. The molecule has 4 aromatic rings. The summed E-state index contributed by atoms with van der Waals surface area (Å²) in [5.74, 6) is -2.44. The first-order valence-corrected chi connectivity index (χ1v) is 22.4. The van der Waals surface area contributed by atoms with Crippen LogP contribution in [0, 0.1) is 11.7 Å². The second-order valence-corrected chi connectivity index (χ2v) is 17.1. The van der Waals surface area contributed by atoms with Crippen LogP contribution in [0.2, 0.25) is 0 Å². The van der Waals surface area contributed by atoms with Crippen LogP contribution in [0.1, 0.15) is 76.2 Å². The number of piperazine rings is 1. The maximum Gasteiger partial charge on any atom is 0.264 e. The Morgan fingerprint density at radius 2 is 1.55 bits per heavy atom. The lowest BCUT2D eigenvalue weighted by atomic mass is 9.94. The number of halogens is 2. The largest absolute Gasteiger partial charge is 0.371 e. The molecule has 0 aliphatic carbocycles. The SMILES string of the molecule is C/C=C(Cl)\C(=C/C)NC(=O)c1ccc(Nc2nc(Nc3ccc(CC(=O)N4CCN(CC5CCN(c6cccc7c6C(=O)N(C6CCC(=O)NC6=O)C7=O)CC5)CC4)cc3)ncc2F)cc1. The van der Waals surface area contributed by atoms with Gasteiger partial charge in [-0.1, -0.05) is 42.0 Å². The summed E-state index contributed by atoms with van der Waals surface area (Å²) in [5, 5.41) is 11.5. The molecular formula is C48H50ClFN10O6. The second-order valence-electron chi connectivity index (χ2n) is 16.6. The Hall–Kier alpha value is -6.98. The summed E-state index contributed by atoms with van der Waals surface area (Å²) in [6.07, 6.45) is 6.69. The van der Waals surface area contributed by atoms with Gasteiger partial charge in [-0.05, 0) is 93.1 Å². The summed E-state index contributed by atoms with van der Waals surface area (Å²) in [7, 11) is 0. The fourth-order valence-corrected chi connectivity index (χ4v) is 8.92. The molecule has 0 bridgehead atoms. The number of imide groups is 2. The van der Waals surface area contributed by atoms with Gasteiger partial charge < -0.3 is 25.8 Å². The number of nitrogens with zero attached hydrogens (tertiary/aromatic N) is 6. The van der Waals surface area contributed by atoms with Crippen LogP contribution in [0.15, 0.2) is 95.8 Å². The molecule has 5 heterocycles. The Labute approximate surface area is 386 Å². The predicted molar refractivity (Wildman–Crippen MR) is 247 cm³/mol. The van der Waals surface area contributed by atoms with Gasteiger partial charge >= 0.3 is 0 Å². The molecule has 16 nitrogen and oxygen atoms in total. The summed E-state index contributed by atoms with van der Waals surface area (Å²) >= 11 is 6.16. The van der Waals surface area contributed by atoms with Crippen LogP contribution < -0.4 is 26.2 Å². The van der Waals surface area contributed by atoms with Crippen molar-refractivity contribution in [1.82, 2.24) is 35.3 Å². The lowest BCUT2D eigenvalue weighted by Crippen LogP contribution is -2.54. The van der Waals surface area contributed by atoms with E-state index in [-0.39, 0.29) is 48.4 Å². The minimum absolute atomic E-state index is 0.0510. The zero-order valence-electron chi connectivity index (χ0n) is 36.6. The van der Waals surface area contributed by atoms with Crippen molar-refractivity contribution in [2.45, 2.75) is 52.0 Å². The van der Waals surface area contributed by atoms with E-state index in [9.17, 15) is 33.2 Å². The van der Waals surface area contributed by atoms with E-state index >= 15 is 0 Å². The van der Waals surface area contributed by atoms with Crippen LogP contribution in [-0.2, 0) is 20.8 Å². The number of aromatic nitrogens is 2. The van der Waals surface area contributed by atoms with Crippen molar-refractivity contribution in [3.05, 3.63) is 124 Å². The zero-order chi connectivity index (χ0) is 46.5. The Morgan fingerprint density at radius 1 is 0.848 bits per heavy atom. The van der Waals surface area contributed by atoms with Gasteiger partial charge in [-0.15, -0.1) is 0 Å². The first-order chi connectivity index (χ1) is 31.9. The summed E-state index contributed by atoms with van der Waals surface area (Å²) in [5.41, 5.74) is 4.21. The van der Waals surface area contributed by atoms with Gasteiger partial charge in [0.05, 0.1) is 40.2 Å². The number of piperidine rings is 2. The standard InChI is InChI=1S/C48H50ClFN10O6/c1-3-35(49)37(4-2)54-44(63)31-10-14-32(15-11-31)52-43-36(50)27-51-48(56-43)53-33-12-8-29(9-13-33)26-41(62)59-24-22-57(23-25-59)28-30-18-20-58(21-19-30)38-7-5-6-34-42(38)47(66)60(46(34)65)39-16-17-40(61)55-45(39)64/h3-15,27,30,39H,16-26,28H2,1-2H3,(H,54,63)(H,55,61,64)(H2,51,52,53,56)/b35-3+,37-4+. The first kappa shape index (κ1) is 45.6. The van der Waals surface area contributed by atoms with Gasteiger partial charge in [-0.2, -0.15) is 4.98 Å². The molecule has 3 aromatic carbocycles. The molecule has 3 fully saturated rings. The van der Waals surface area contributed by atoms with Crippen LogP contribution in [0.25, 0.3) is 0 Å². The van der Waals surface area contributed by atoms with Crippen LogP contribution in [0.5, 0.6) is 0 Å². The third-order valence-electron chi connectivity index (χ3n) is 12.4. The van der Waals surface area contributed by atoms with Crippen LogP contribution >= 0.6 is 11.6 Å². The number of carbonyl (C=O) groups is 6. The molecule has 1 unspecified atom stereocenters. The Kier molecular flexibility index (Phi) is 13.8. The third-order valence-corrected chi connectivity index (χ3v) is 12.8. The van der Waals surface area contributed by atoms with Crippen molar-refractivity contribution in [2.24, 2.45) is 5.92 Å². The molecule has 1 aromatic heterocycles. The van der Waals surface area contributed by atoms with E-state index in [1.54, 1.807) is 62.4 Å². The number of amides is 6. The van der Waals surface area contributed by atoms with Crippen molar-refractivity contribution in [2.75, 3.05) is 61.3 Å². The van der Waals surface area contributed by atoms with Crippen molar-refractivity contribution in [1.29, 1.82) is 0 Å². The van der Waals surface area contributed by atoms with Gasteiger partial charge in [0.25, 0.3) is 17.7 Å². The molecule has 0 saturated carbocycles. The minimum atomic E-state index is -1.01. The van der Waals surface area contributed by atoms with E-state index in [2.05, 4.69) is 41.0 Å². The topological polar surface area (TPSA) is 189 Å². The number of benzene rings is 3. The average molecular weight is 917 g/mol. The number of anilines is 5. The molecule has 6 amide bonds. The number of hydrogen-bond acceptors (Lipinski definition) is 12. The molecule has 8 rings (SSSR count). The highest BCUT2D eigenvalue weighted by atomic mass is 35.5. The number of fused-ring (bicyclic) bond motifs is 1. The molecule has 1 atom stereocenters. The number of rotatable bonds is 13. The predicted octanol–water partition coefficient (Wildman–Crippen LogP) is 5.88. The lowest BCUT2D eigenvalue weighted by Gasteiger charge is -2.39. The summed E-state index contributed by atoms with van der Waals surface area (Å²) in [4.78, 5) is 93.2. The normalized spacial score (nSPS) is 18.6. The number of allylic oxidation sites excluding steroid dienone is 3. The zero-order valence-corrected chi connectivity index (χ0v) is 37.4. The average Bonchev–Trinajstić information content (AvgIpc) is 3.58. The van der Waals surface area contributed by atoms with Crippen molar-refractivity contribution < 1.29 is 33.2 Å². The highest BCUT2D eigenvalue weighted by molar-refractivity contribution is 6.32. The second kappa shape index (κ2) is 20.0. The molecule has 4 N–H and O–H groups in total. The first-order valence-electron chi connectivity index (χ1n) is 22.0. The lowest BCUT2D eigenvalue weighted by molar-refractivity contribution is -0.136. The Morgan fingerprint density at radius 3 is 2.23 bits per heavy atom. The number of carbonyl (C=O) groups excluding carboxylic acids is 6. The molecule has 66 heavy (non-hydrogen) atoms. The molecule has 0 spiro atoms. The van der Waals surface area contributed by atoms with Crippen LogP contribution in [0.3, 0.4) is 0 Å². The van der Waals surface area contributed by atoms with Gasteiger partial charge in [-0.3, -0.25) is 43.9 Å².